The van der Waals surface area contributed by atoms with Crippen molar-refractivity contribution in [3.63, 3.8) is 0 Å². The Hall–Kier alpha value is -0.0800. The van der Waals surface area contributed by atoms with Crippen LogP contribution in [-0.4, -0.2) is 30.6 Å². The van der Waals surface area contributed by atoms with Gasteiger partial charge in [0, 0.05) is 6.04 Å². The molecule has 1 saturated heterocycles. The first-order valence-electron chi connectivity index (χ1n) is 7.75. The largest absolute Gasteiger partial charge is 0.330 e. The Morgan fingerprint density at radius 2 is 1.50 bits per heavy atom. The van der Waals surface area contributed by atoms with E-state index in [1.807, 2.05) is 0 Å². The van der Waals surface area contributed by atoms with Crippen LogP contribution in [0, 0.1) is 16.7 Å². The molecule has 0 aromatic heterocycles. The summed E-state index contributed by atoms with van der Waals surface area (Å²) in [5.41, 5.74) is 6.82. The summed E-state index contributed by atoms with van der Waals surface area (Å²) in [6.07, 6.45) is 6.75. The van der Waals surface area contributed by atoms with Crippen molar-refractivity contribution in [3.05, 3.63) is 0 Å². The highest BCUT2D eigenvalue weighted by Crippen LogP contribution is 2.47. The summed E-state index contributed by atoms with van der Waals surface area (Å²) < 4.78 is 0. The molecule has 2 N–H and O–H groups in total. The minimum Gasteiger partial charge on any atom is -0.330 e. The summed E-state index contributed by atoms with van der Waals surface area (Å²) in [5, 5.41) is 0. The lowest BCUT2D eigenvalue weighted by Gasteiger charge is -2.50. The summed E-state index contributed by atoms with van der Waals surface area (Å²) in [7, 11) is 0. The third-order valence-electron chi connectivity index (χ3n) is 5.03. The molecule has 2 rings (SSSR count). The zero-order valence-corrected chi connectivity index (χ0v) is 12.8. The maximum atomic E-state index is 5.79. The van der Waals surface area contributed by atoms with Crippen molar-refractivity contribution >= 4 is 0 Å². The highest BCUT2D eigenvalue weighted by molar-refractivity contribution is 4.94. The number of piperidine rings is 1. The fraction of sp³-hybridized carbons (Fsp3) is 1.00. The molecular weight excluding hydrogens is 220 g/mol. The number of hydrogen-bond donors (Lipinski definition) is 1. The first-order valence-corrected chi connectivity index (χ1v) is 7.75. The number of hydrogen-bond acceptors (Lipinski definition) is 2. The van der Waals surface area contributed by atoms with Crippen LogP contribution in [0.5, 0.6) is 0 Å². The van der Waals surface area contributed by atoms with Gasteiger partial charge in [0.25, 0.3) is 0 Å². The predicted octanol–water partition coefficient (Wildman–Crippen LogP) is 3.26. The molecule has 0 atom stereocenters. The molecule has 0 amide bonds. The molecule has 106 valence electrons. The molecule has 0 unspecified atom stereocenters. The van der Waals surface area contributed by atoms with E-state index in [-0.39, 0.29) is 0 Å². The molecule has 2 fully saturated rings. The number of nitrogens with zero attached hydrogens (tertiary/aromatic N) is 1. The molecule has 0 bridgehead atoms. The SMILES string of the molecule is CC1(C)CC(N2CCC(CN)CC2)CC(C)(C)C1. The minimum atomic E-state index is 0.511. The van der Waals surface area contributed by atoms with Gasteiger partial charge in [-0.1, -0.05) is 27.7 Å². The smallest absolute Gasteiger partial charge is 0.0105 e. The van der Waals surface area contributed by atoms with E-state index in [1.165, 1.54) is 45.2 Å². The standard InChI is InChI=1S/C16H32N2/c1-15(2)9-14(10-16(3,4)12-15)18-7-5-13(11-17)6-8-18/h13-14H,5-12,17H2,1-4H3. The molecule has 2 nitrogen and oxygen atoms in total. The summed E-state index contributed by atoms with van der Waals surface area (Å²) in [6, 6.07) is 0.808. The first kappa shape index (κ1) is 14.3. The van der Waals surface area contributed by atoms with E-state index < -0.39 is 0 Å². The lowest BCUT2D eigenvalue weighted by atomic mass is 9.63. The third-order valence-corrected chi connectivity index (χ3v) is 5.03. The quantitative estimate of drug-likeness (QED) is 0.817. The van der Waals surface area contributed by atoms with E-state index in [0.717, 1.165) is 18.5 Å². The van der Waals surface area contributed by atoms with Crippen LogP contribution in [-0.2, 0) is 0 Å². The Balaban J connectivity index is 1.96. The lowest BCUT2D eigenvalue weighted by molar-refractivity contribution is 0.0103. The van der Waals surface area contributed by atoms with Gasteiger partial charge in [0.15, 0.2) is 0 Å². The topological polar surface area (TPSA) is 29.3 Å². The van der Waals surface area contributed by atoms with Crippen LogP contribution in [0.3, 0.4) is 0 Å². The Labute approximate surface area is 113 Å². The Morgan fingerprint density at radius 1 is 1.00 bits per heavy atom. The van der Waals surface area contributed by atoms with Gasteiger partial charge in [-0.05, 0) is 68.5 Å². The van der Waals surface area contributed by atoms with Crippen molar-refractivity contribution < 1.29 is 0 Å². The van der Waals surface area contributed by atoms with E-state index >= 15 is 0 Å². The summed E-state index contributed by atoms with van der Waals surface area (Å²) >= 11 is 0. The Kier molecular flexibility index (Phi) is 4.08. The highest BCUT2D eigenvalue weighted by Gasteiger charge is 2.40. The van der Waals surface area contributed by atoms with Crippen LogP contribution in [0.15, 0.2) is 0 Å². The molecule has 1 saturated carbocycles. The van der Waals surface area contributed by atoms with Crippen LogP contribution in [0.25, 0.3) is 0 Å². The summed E-state index contributed by atoms with van der Waals surface area (Å²) in [6.45, 7) is 13.2. The molecule has 0 aromatic rings. The maximum absolute atomic E-state index is 5.79. The van der Waals surface area contributed by atoms with Crippen molar-refractivity contribution in [1.29, 1.82) is 0 Å². The molecule has 1 aliphatic heterocycles. The fourth-order valence-corrected chi connectivity index (χ4v) is 4.60. The van der Waals surface area contributed by atoms with Crippen LogP contribution < -0.4 is 5.73 Å². The number of likely N-dealkylation sites (tertiary alicyclic amines) is 1. The normalized spacial score (nSPS) is 30.5. The molecular formula is C16H32N2. The third kappa shape index (κ3) is 3.48. The van der Waals surface area contributed by atoms with Crippen molar-refractivity contribution in [3.8, 4) is 0 Å². The maximum Gasteiger partial charge on any atom is 0.0105 e. The molecule has 0 radical (unpaired) electrons. The second kappa shape index (κ2) is 5.13. The van der Waals surface area contributed by atoms with E-state index in [1.54, 1.807) is 0 Å². The molecule has 0 spiro atoms. The first-order chi connectivity index (χ1) is 8.31. The molecule has 1 heterocycles. The lowest BCUT2D eigenvalue weighted by Crippen LogP contribution is -2.49. The van der Waals surface area contributed by atoms with Crippen molar-refractivity contribution in [2.24, 2.45) is 22.5 Å². The molecule has 2 aliphatic rings. The second-order valence-corrected chi connectivity index (χ2v) is 8.28. The zero-order valence-electron chi connectivity index (χ0n) is 12.8. The number of rotatable bonds is 2. The second-order valence-electron chi connectivity index (χ2n) is 8.28. The van der Waals surface area contributed by atoms with Crippen LogP contribution >= 0.6 is 0 Å². The summed E-state index contributed by atoms with van der Waals surface area (Å²) in [4.78, 5) is 2.76. The average Bonchev–Trinajstić information content (AvgIpc) is 2.25. The number of nitrogens with two attached hydrogens (primary N) is 1. The van der Waals surface area contributed by atoms with Crippen molar-refractivity contribution in [2.75, 3.05) is 19.6 Å². The van der Waals surface area contributed by atoms with Gasteiger partial charge in [-0.2, -0.15) is 0 Å². The Bertz CT molecular complexity index is 259. The van der Waals surface area contributed by atoms with Crippen LogP contribution in [0.4, 0.5) is 0 Å². The van der Waals surface area contributed by atoms with Gasteiger partial charge in [0.05, 0.1) is 0 Å². The van der Waals surface area contributed by atoms with E-state index in [4.69, 9.17) is 5.73 Å². The van der Waals surface area contributed by atoms with Gasteiger partial charge in [0.1, 0.15) is 0 Å². The Morgan fingerprint density at radius 3 is 1.94 bits per heavy atom. The minimum absolute atomic E-state index is 0.511. The summed E-state index contributed by atoms with van der Waals surface area (Å²) in [5.74, 6) is 0.783. The fourth-order valence-electron chi connectivity index (χ4n) is 4.60. The van der Waals surface area contributed by atoms with Gasteiger partial charge in [-0.3, -0.25) is 0 Å². The van der Waals surface area contributed by atoms with E-state index in [0.29, 0.717) is 10.8 Å². The van der Waals surface area contributed by atoms with Crippen molar-refractivity contribution in [1.82, 2.24) is 4.90 Å². The molecule has 0 aromatic carbocycles. The predicted molar refractivity (Wildman–Crippen MR) is 78.6 cm³/mol. The highest BCUT2D eigenvalue weighted by atomic mass is 15.2. The van der Waals surface area contributed by atoms with E-state index in [9.17, 15) is 0 Å². The molecule has 18 heavy (non-hydrogen) atoms. The van der Waals surface area contributed by atoms with Gasteiger partial charge in [-0.25, -0.2) is 0 Å². The van der Waals surface area contributed by atoms with Gasteiger partial charge >= 0.3 is 0 Å². The zero-order chi connectivity index (χ0) is 13.4. The van der Waals surface area contributed by atoms with Crippen LogP contribution in [0.2, 0.25) is 0 Å². The molecule has 2 heteroatoms. The monoisotopic (exact) mass is 252 g/mol. The average molecular weight is 252 g/mol. The van der Waals surface area contributed by atoms with Gasteiger partial charge in [-0.15, -0.1) is 0 Å². The molecule has 1 aliphatic carbocycles. The van der Waals surface area contributed by atoms with E-state index in [2.05, 4.69) is 32.6 Å². The van der Waals surface area contributed by atoms with Crippen LogP contribution in [0.1, 0.15) is 59.8 Å². The van der Waals surface area contributed by atoms with Gasteiger partial charge < -0.3 is 10.6 Å². The van der Waals surface area contributed by atoms with Gasteiger partial charge in [0.2, 0.25) is 0 Å². The van der Waals surface area contributed by atoms with Crippen molar-refractivity contribution in [2.45, 2.75) is 65.8 Å².